The van der Waals surface area contributed by atoms with Crippen molar-refractivity contribution < 1.29 is 14.6 Å². The van der Waals surface area contributed by atoms with Crippen molar-refractivity contribution >= 4 is 5.97 Å². The molecule has 0 aliphatic heterocycles. The fourth-order valence-corrected chi connectivity index (χ4v) is 0.742. The molecular weight excluding hydrogens is 184 g/mol. The van der Waals surface area contributed by atoms with Crippen LogP contribution in [0.5, 0.6) is 0 Å². The minimum atomic E-state index is -1.18. The van der Waals surface area contributed by atoms with Gasteiger partial charge >= 0.3 is 5.97 Å². The number of ether oxygens (including phenoxy) is 1. The molecule has 0 fully saturated rings. The largest absolute Gasteiger partial charge is 0.466 e. The van der Waals surface area contributed by atoms with Crippen molar-refractivity contribution in [1.29, 1.82) is 0 Å². The number of esters is 1. The van der Waals surface area contributed by atoms with Crippen molar-refractivity contribution in [3.05, 3.63) is 0 Å². The molecule has 0 aromatic rings. The Labute approximate surface area is 84.2 Å². The Balaban J connectivity index is 3.92. The minimum absolute atomic E-state index is 0.188. The zero-order chi connectivity index (χ0) is 11.2. The molecule has 0 aliphatic carbocycles. The van der Waals surface area contributed by atoms with E-state index in [0.717, 1.165) is 0 Å². The maximum atomic E-state index is 11.0. The Morgan fingerprint density at radius 2 is 2.14 bits per heavy atom. The molecule has 5 heteroatoms. The second kappa shape index (κ2) is 5.70. The first kappa shape index (κ1) is 13.0. The van der Waals surface area contributed by atoms with Crippen LogP contribution in [0.25, 0.3) is 0 Å². The van der Waals surface area contributed by atoms with Crippen LogP contribution in [0.15, 0.2) is 10.2 Å². The van der Waals surface area contributed by atoms with Gasteiger partial charge in [-0.05, 0) is 27.7 Å². The van der Waals surface area contributed by atoms with Crippen LogP contribution in [-0.4, -0.2) is 29.4 Å². The third kappa shape index (κ3) is 7.67. The normalized spacial score (nSPS) is 14.4. The summed E-state index contributed by atoms with van der Waals surface area (Å²) < 4.78 is 4.74. The molecule has 0 saturated carbocycles. The van der Waals surface area contributed by atoms with Crippen LogP contribution in [0.2, 0.25) is 0 Å². The van der Waals surface area contributed by atoms with Gasteiger partial charge in [0, 0.05) is 0 Å². The summed E-state index contributed by atoms with van der Waals surface area (Å²) in [6.07, 6.45) is 0.188. The van der Waals surface area contributed by atoms with Gasteiger partial charge in [-0.1, -0.05) is 0 Å². The van der Waals surface area contributed by atoms with E-state index in [0.29, 0.717) is 6.61 Å². The lowest BCUT2D eigenvalue weighted by molar-refractivity contribution is -0.143. The number of rotatable bonds is 5. The summed E-state index contributed by atoms with van der Waals surface area (Å²) in [7, 11) is 0. The molecule has 0 heterocycles. The molecule has 1 N–H and O–H groups in total. The zero-order valence-corrected chi connectivity index (χ0v) is 9.15. The maximum Gasteiger partial charge on any atom is 0.308 e. The van der Waals surface area contributed by atoms with E-state index in [9.17, 15) is 9.90 Å². The molecule has 82 valence electrons. The smallest absolute Gasteiger partial charge is 0.308 e. The van der Waals surface area contributed by atoms with Gasteiger partial charge in [-0.3, -0.25) is 4.79 Å². The number of azo groups is 1. The molecule has 14 heavy (non-hydrogen) atoms. The Bertz CT molecular complexity index is 209. The van der Waals surface area contributed by atoms with E-state index < -0.39 is 5.72 Å². The Hall–Kier alpha value is -0.970. The fourth-order valence-electron chi connectivity index (χ4n) is 0.742. The Morgan fingerprint density at radius 3 is 2.57 bits per heavy atom. The first-order valence-electron chi connectivity index (χ1n) is 4.65. The predicted octanol–water partition coefficient (Wildman–Crippen LogP) is 1.51. The summed E-state index contributed by atoms with van der Waals surface area (Å²) in [5, 5.41) is 16.7. The van der Waals surface area contributed by atoms with Crippen molar-refractivity contribution in [3.63, 3.8) is 0 Å². The summed E-state index contributed by atoms with van der Waals surface area (Å²) >= 11 is 0. The molecule has 0 aliphatic rings. The molecule has 0 spiro atoms. The van der Waals surface area contributed by atoms with Crippen LogP contribution in [0, 0.1) is 0 Å². The van der Waals surface area contributed by atoms with Crippen LogP contribution in [-0.2, 0) is 9.53 Å². The summed E-state index contributed by atoms with van der Waals surface area (Å²) in [5.41, 5.74) is -1.18. The molecule has 0 saturated heterocycles. The van der Waals surface area contributed by atoms with E-state index in [1.807, 2.05) is 0 Å². The van der Waals surface area contributed by atoms with Gasteiger partial charge in [0.05, 0.1) is 19.1 Å². The van der Waals surface area contributed by atoms with E-state index in [4.69, 9.17) is 4.74 Å². The molecule has 1 atom stereocenters. The van der Waals surface area contributed by atoms with Gasteiger partial charge in [0.25, 0.3) is 0 Å². The molecule has 0 radical (unpaired) electrons. The van der Waals surface area contributed by atoms with Crippen molar-refractivity contribution in [2.45, 2.75) is 45.9 Å². The summed E-state index contributed by atoms with van der Waals surface area (Å²) in [6, 6.07) is -0.263. The number of carbonyl (C=O) groups excluding carboxylic acids is 1. The van der Waals surface area contributed by atoms with Gasteiger partial charge in [0.15, 0.2) is 5.72 Å². The van der Waals surface area contributed by atoms with E-state index in [2.05, 4.69) is 10.2 Å². The van der Waals surface area contributed by atoms with Gasteiger partial charge in [-0.25, -0.2) is 0 Å². The van der Waals surface area contributed by atoms with Gasteiger partial charge < -0.3 is 9.84 Å². The lowest BCUT2D eigenvalue weighted by Gasteiger charge is -2.10. The third-order valence-electron chi connectivity index (χ3n) is 1.27. The summed E-state index contributed by atoms with van der Waals surface area (Å²) in [4.78, 5) is 11.0. The fraction of sp³-hybridized carbons (Fsp3) is 0.889. The maximum absolute atomic E-state index is 11.0. The molecular formula is C9H18N2O3. The predicted molar refractivity (Wildman–Crippen MR) is 51.9 cm³/mol. The van der Waals surface area contributed by atoms with Crippen molar-refractivity contribution in [2.24, 2.45) is 10.2 Å². The SMILES string of the molecule is CCOC(=O)CC(C)N=NC(C)(C)O. The molecule has 0 amide bonds. The van der Waals surface area contributed by atoms with Crippen LogP contribution in [0.1, 0.15) is 34.1 Å². The lowest BCUT2D eigenvalue weighted by atomic mass is 10.2. The summed E-state index contributed by atoms with van der Waals surface area (Å²) in [5.74, 6) is -0.297. The number of hydrogen-bond acceptors (Lipinski definition) is 5. The van der Waals surface area contributed by atoms with Crippen molar-refractivity contribution in [1.82, 2.24) is 0 Å². The Morgan fingerprint density at radius 1 is 1.57 bits per heavy atom. The first-order chi connectivity index (χ1) is 6.35. The number of aliphatic hydroxyl groups is 1. The standard InChI is InChI=1S/C9H18N2O3/c1-5-14-8(12)6-7(2)10-11-9(3,4)13/h7,13H,5-6H2,1-4H3. The van der Waals surface area contributed by atoms with E-state index in [1.165, 1.54) is 13.8 Å². The molecule has 0 aromatic heterocycles. The molecule has 0 rings (SSSR count). The number of carbonyl (C=O) groups is 1. The van der Waals surface area contributed by atoms with E-state index in [1.54, 1.807) is 13.8 Å². The highest BCUT2D eigenvalue weighted by atomic mass is 16.5. The molecule has 5 nitrogen and oxygen atoms in total. The monoisotopic (exact) mass is 202 g/mol. The third-order valence-corrected chi connectivity index (χ3v) is 1.27. The van der Waals surface area contributed by atoms with Crippen LogP contribution < -0.4 is 0 Å². The topological polar surface area (TPSA) is 71.2 Å². The van der Waals surface area contributed by atoms with Gasteiger partial charge in [0.2, 0.25) is 0 Å². The number of nitrogens with zero attached hydrogens (tertiary/aromatic N) is 2. The highest BCUT2D eigenvalue weighted by Gasteiger charge is 2.12. The second-order valence-corrected chi connectivity index (χ2v) is 3.57. The second-order valence-electron chi connectivity index (χ2n) is 3.57. The van der Waals surface area contributed by atoms with Crippen LogP contribution >= 0.6 is 0 Å². The zero-order valence-electron chi connectivity index (χ0n) is 9.15. The van der Waals surface area contributed by atoms with Crippen LogP contribution in [0.4, 0.5) is 0 Å². The average Bonchev–Trinajstić information content (AvgIpc) is 2.00. The van der Waals surface area contributed by atoms with Gasteiger partial charge in [-0.15, -0.1) is 0 Å². The first-order valence-corrected chi connectivity index (χ1v) is 4.65. The minimum Gasteiger partial charge on any atom is -0.466 e. The molecule has 0 aromatic carbocycles. The highest BCUT2D eigenvalue weighted by molar-refractivity contribution is 5.69. The molecule has 1 unspecified atom stereocenters. The summed E-state index contributed by atoms with van der Waals surface area (Å²) in [6.45, 7) is 6.91. The van der Waals surface area contributed by atoms with Gasteiger partial charge in [0.1, 0.15) is 0 Å². The average molecular weight is 202 g/mol. The van der Waals surface area contributed by atoms with Crippen molar-refractivity contribution in [2.75, 3.05) is 6.61 Å². The lowest BCUT2D eigenvalue weighted by Crippen LogP contribution is -2.16. The molecule has 0 bridgehead atoms. The Kier molecular flexibility index (Phi) is 5.30. The van der Waals surface area contributed by atoms with Gasteiger partial charge in [-0.2, -0.15) is 10.2 Å². The quantitative estimate of drug-likeness (QED) is 0.542. The van der Waals surface area contributed by atoms with E-state index >= 15 is 0 Å². The van der Waals surface area contributed by atoms with E-state index in [-0.39, 0.29) is 18.4 Å². The number of hydrogen-bond donors (Lipinski definition) is 1. The van der Waals surface area contributed by atoms with Crippen LogP contribution in [0.3, 0.4) is 0 Å². The van der Waals surface area contributed by atoms with Crippen molar-refractivity contribution in [3.8, 4) is 0 Å². The highest BCUT2D eigenvalue weighted by Crippen LogP contribution is 2.07.